The second kappa shape index (κ2) is 6.86. The molecule has 0 radical (unpaired) electrons. The van der Waals surface area contributed by atoms with Crippen LogP contribution in [-0.2, 0) is 14.8 Å². The van der Waals surface area contributed by atoms with E-state index in [0.29, 0.717) is 24.8 Å². The highest BCUT2D eigenvalue weighted by atomic mass is 32.2. The molecule has 0 spiro atoms. The van der Waals surface area contributed by atoms with Crippen molar-refractivity contribution in [1.82, 2.24) is 14.9 Å². The molecule has 0 aromatic carbocycles. The molecule has 0 amide bonds. The topological polar surface area (TPSA) is 84.1 Å². The van der Waals surface area contributed by atoms with Gasteiger partial charge in [0.1, 0.15) is 4.90 Å². The zero-order valence-corrected chi connectivity index (χ0v) is 11.9. The second-order valence-corrected chi connectivity index (χ2v) is 6.29. The molecular weight excluding hydrogens is 254 g/mol. The summed E-state index contributed by atoms with van der Waals surface area (Å²) in [6.07, 6.45) is 2.28. The lowest BCUT2D eigenvalue weighted by Crippen LogP contribution is -2.27. The van der Waals surface area contributed by atoms with Crippen molar-refractivity contribution in [2.24, 2.45) is 5.92 Å². The molecule has 0 fully saturated rings. The normalized spacial score (nSPS) is 12.2. The minimum atomic E-state index is -3.47. The number of rotatable bonds is 8. The standard InChI is InChI=1S/C11H21N3O3S/c1-9(2)4-6-17-7-5-13-18(15,16)11-8-12-14-10(11)3/h8-9,13H,4-7H2,1-3H3,(H,12,14). The molecule has 18 heavy (non-hydrogen) atoms. The number of hydrogen-bond acceptors (Lipinski definition) is 4. The molecule has 1 aromatic rings. The monoisotopic (exact) mass is 275 g/mol. The van der Waals surface area contributed by atoms with Gasteiger partial charge >= 0.3 is 0 Å². The van der Waals surface area contributed by atoms with Crippen LogP contribution in [0.2, 0.25) is 0 Å². The number of nitrogens with one attached hydrogen (secondary N) is 2. The van der Waals surface area contributed by atoms with E-state index in [0.717, 1.165) is 6.42 Å². The first-order valence-corrected chi connectivity index (χ1v) is 7.49. The van der Waals surface area contributed by atoms with Gasteiger partial charge < -0.3 is 4.74 Å². The van der Waals surface area contributed by atoms with Gasteiger partial charge in [0.2, 0.25) is 10.0 Å². The number of nitrogens with zero attached hydrogens (tertiary/aromatic N) is 1. The SMILES string of the molecule is Cc1[nH]ncc1S(=O)(=O)NCCOCCC(C)C. The first-order chi connectivity index (χ1) is 8.43. The number of hydrogen-bond donors (Lipinski definition) is 2. The minimum absolute atomic E-state index is 0.185. The van der Waals surface area contributed by atoms with E-state index in [1.54, 1.807) is 6.92 Å². The summed E-state index contributed by atoms with van der Waals surface area (Å²) in [5, 5.41) is 6.29. The van der Waals surface area contributed by atoms with E-state index in [9.17, 15) is 8.42 Å². The average molecular weight is 275 g/mol. The average Bonchev–Trinajstić information content (AvgIpc) is 2.70. The summed E-state index contributed by atoms with van der Waals surface area (Å²) in [6.45, 7) is 7.21. The van der Waals surface area contributed by atoms with Crippen LogP contribution < -0.4 is 4.72 Å². The van der Waals surface area contributed by atoms with Gasteiger partial charge in [-0.05, 0) is 19.3 Å². The van der Waals surface area contributed by atoms with E-state index in [-0.39, 0.29) is 11.4 Å². The highest BCUT2D eigenvalue weighted by Gasteiger charge is 2.17. The van der Waals surface area contributed by atoms with E-state index in [1.165, 1.54) is 6.20 Å². The molecule has 7 heteroatoms. The predicted molar refractivity (Wildman–Crippen MR) is 68.8 cm³/mol. The number of ether oxygens (including phenoxy) is 1. The van der Waals surface area contributed by atoms with Gasteiger partial charge in [0.15, 0.2) is 0 Å². The van der Waals surface area contributed by atoms with Gasteiger partial charge in [-0.1, -0.05) is 13.8 Å². The van der Waals surface area contributed by atoms with E-state index in [2.05, 4.69) is 28.8 Å². The Morgan fingerprint density at radius 2 is 2.17 bits per heavy atom. The molecule has 0 saturated heterocycles. The van der Waals surface area contributed by atoms with Crippen molar-refractivity contribution in [3.05, 3.63) is 11.9 Å². The highest BCUT2D eigenvalue weighted by Crippen LogP contribution is 2.10. The molecule has 0 aliphatic heterocycles. The lowest BCUT2D eigenvalue weighted by atomic mass is 10.1. The van der Waals surface area contributed by atoms with Crippen LogP contribution in [0.1, 0.15) is 26.0 Å². The van der Waals surface area contributed by atoms with Crippen molar-refractivity contribution in [3.63, 3.8) is 0 Å². The van der Waals surface area contributed by atoms with Crippen molar-refractivity contribution in [1.29, 1.82) is 0 Å². The van der Waals surface area contributed by atoms with Crippen molar-refractivity contribution < 1.29 is 13.2 Å². The number of sulfonamides is 1. The zero-order chi connectivity index (χ0) is 13.6. The Morgan fingerprint density at radius 1 is 1.44 bits per heavy atom. The van der Waals surface area contributed by atoms with Crippen LogP contribution in [0.4, 0.5) is 0 Å². The Bertz CT molecular complexity index is 454. The fourth-order valence-corrected chi connectivity index (χ4v) is 2.51. The number of H-pyrrole nitrogens is 1. The van der Waals surface area contributed by atoms with E-state index < -0.39 is 10.0 Å². The zero-order valence-electron chi connectivity index (χ0n) is 11.1. The maximum atomic E-state index is 11.8. The fourth-order valence-electron chi connectivity index (χ4n) is 1.36. The van der Waals surface area contributed by atoms with Crippen LogP contribution in [0.3, 0.4) is 0 Å². The Balaban J connectivity index is 2.29. The molecule has 0 saturated carbocycles. The smallest absolute Gasteiger partial charge is 0.244 e. The summed E-state index contributed by atoms with van der Waals surface area (Å²) in [7, 11) is -3.47. The van der Waals surface area contributed by atoms with Gasteiger partial charge in [0.05, 0.1) is 18.5 Å². The summed E-state index contributed by atoms with van der Waals surface area (Å²) < 4.78 is 31.5. The summed E-state index contributed by atoms with van der Waals surface area (Å²) in [4.78, 5) is 0.185. The Morgan fingerprint density at radius 3 is 2.72 bits per heavy atom. The third kappa shape index (κ3) is 4.75. The first kappa shape index (κ1) is 15.1. The fraction of sp³-hybridized carbons (Fsp3) is 0.727. The lowest BCUT2D eigenvalue weighted by molar-refractivity contribution is 0.128. The Labute approximate surface area is 108 Å². The summed E-state index contributed by atoms with van der Waals surface area (Å²) in [5.74, 6) is 0.593. The van der Waals surface area contributed by atoms with Gasteiger partial charge in [-0.2, -0.15) is 5.10 Å². The van der Waals surface area contributed by atoms with Crippen LogP contribution in [0.25, 0.3) is 0 Å². The van der Waals surface area contributed by atoms with Crippen LogP contribution in [0.15, 0.2) is 11.1 Å². The quantitative estimate of drug-likeness (QED) is 0.695. The van der Waals surface area contributed by atoms with Crippen molar-refractivity contribution >= 4 is 10.0 Å². The van der Waals surface area contributed by atoms with Crippen LogP contribution in [0.5, 0.6) is 0 Å². The number of aromatic nitrogens is 2. The maximum absolute atomic E-state index is 11.8. The predicted octanol–water partition coefficient (Wildman–Crippen LogP) is 1.06. The molecule has 1 aromatic heterocycles. The summed E-state index contributed by atoms with van der Waals surface area (Å²) in [6, 6.07) is 0. The minimum Gasteiger partial charge on any atom is -0.380 e. The van der Waals surface area contributed by atoms with E-state index >= 15 is 0 Å². The van der Waals surface area contributed by atoms with Crippen LogP contribution >= 0.6 is 0 Å². The van der Waals surface area contributed by atoms with Gasteiger partial charge in [-0.25, -0.2) is 13.1 Å². The molecule has 0 aliphatic rings. The molecule has 0 aliphatic carbocycles. The van der Waals surface area contributed by atoms with Gasteiger partial charge in [-0.15, -0.1) is 0 Å². The van der Waals surface area contributed by atoms with Crippen molar-refractivity contribution in [2.75, 3.05) is 19.8 Å². The molecule has 0 unspecified atom stereocenters. The Hall–Kier alpha value is -0.920. The first-order valence-electron chi connectivity index (χ1n) is 6.01. The molecule has 104 valence electrons. The highest BCUT2D eigenvalue weighted by molar-refractivity contribution is 7.89. The molecule has 0 atom stereocenters. The van der Waals surface area contributed by atoms with Crippen LogP contribution in [-0.4, -0.2) is 38.4 Å². The van der Waals surface area contributed by atoms with Gasteiger partial charge in [0, 0.05) is 13.2 Å². The molecule has 2 N–H and O–H groups in total. The number of aromatic amines is 1. The molecular formula is C11H21N3O3S. The van der Waals surface area contributed by atoms with Crippen molar-refractivity contribution in [3.8, 4) is 0 Å². The van der Waals surface area contributed by atoms with Crippen LogP contribution in [0, 0.1) is 12.8 Å². The molecule has 0 bridgehead atoms. The summed E-state index contributed by atoms with van der Waals surface area (Å²) in [5.41, 5.74) is 0.531. The molecule has 6 nitrogen and oxygen atoms in total. The molecule has 1 rings (SSSR count). The second-order valence-electron chi connectivity index (χ2n) is 4.55. The van der Waals surface area contributed by atoms with Crippen molar-refractivity contribution in [2.45, 2.75) is 32.1 Å². The number of aryl methyl sites for hydroxylation is 1. The largest absolute Gasteiger partial charge is 0.380 e. The Kier molecular flexibility index (Phi) is 5.77. The van der Waals surface area contributed by atoms with E-state index in [4.69, 9.17) is 4.74 Å². The molecule has 1 heterocycles. The lowest BCUT2D eigenvalue weighted by Gasteiger charge is -2.08. The van der Waals surface area contributed by atoms with Gasteiger partial charge in [0.25, 0.3) is 0 Å². The van der Waals surface area contributed by atoms with Gasteiger partial charge in [-0.3, -0.25) is 5.10 Å². The maximum Gasteiger partial charge on any atom is 0.244 e. The van der Waals surface area contributed by atoms with E-state index in [1.807, 2.05) is 0 Å². The third-order valence-corrected chi connectivity index (χ3v) is 4.03. The third-order valence-electron chi connectivity index (χ3n) is 2.45. The summed E-state index contributed by atoms with van der Waals surface area (Å²) >= 11 is 0.